The molecule has 36 heavy (non-hydrogen) atoms. The van der Waals surface area contributed by atoms with Crippen molar-refractivity contribution >= 4 is 17.7 Å². The first kappa shape index (κ1) is 27.6. The second-order valence-corrected chi connectivity index (χ2v) is 9.52. The SMILES string of the molecule is COc1cc(C(C(=O)N2CCCCC2C(=O)N[C@H](CO)C(N)=O)C2CCCCC2)cc(OC)c1OC. The van der Waals surface area contributed by atoms with Gasteiger partial charge in [-0.1, -0.05) is 19.3 Å². The molecular formula is C26H39N3O7. The lowest BCUT2D eigenvalue weighted by Gasteiger charge is -2.40. The Morgan fingerprint density at radius 3 is 2.14 bits per heavy atom. The summed E-state index contributed by atoms with van der Waals surface area (Å²) in [5.74, 6) is -0.412. The van der Waals surface area contributed by atoms with Crippen molar-refractivity contribution in [2.75, 3.05) is 34.5 Å². The molecule has 1 heterocycles. The molecule has 3 amide bonds. The second-order valence-electron chi connectivity index (χ2n) is 9.52. The molecule has 10 nitrogen and oxygen atoms in total. The van der Waals surface area contributed by atoms with Crippen molar-refractivity contribution in [3.8, 4) is 17.2 Å². The highest BCUT2D eigenvalue weighted by Gasteiger charge is 2.40. The van der Waals surface area contributed by atoms with E-state index in [0.717, 1.165) is 50.5 Å². The summed E-state index contributed by atoms with van der Waals surface area (Å²) in [6, 6.07) is 1.71. The van der Waals surface area contributed by atoms with Gasteiger partial charge in [-0.25, -0.2) is 0 Å². The summed E-state index contributed by atoms with van der Waals surface area (Å²) < 4.78 is 16.6. The van der Waals surface area contributed by atoms with E-state index >= 15 is 0 Å². The number of aliphatic hydroxyl groups excluding tert-OH is 1. The normalized spacial score (nSPS) is 20.2. The number of nitrogens with one attached hydrogen (secondary N) is 1. The Morgan fingerprint density at radius 1 is 1.00 bits per heavy atom. The molecule has 1 saturated carbocycles. The van der Waals surface area contributed by atoms with Crippen molar-refractivity contribution in [2.24, 2.45) is 11.7 Å². The van der Waals surface area contributed by atoms with Crippen LogP contribution in [0.15, 0.2) is 12.1 Å². The number of nitrogens with zero attached hydrogens (tertiary/aromatic N) is 1. The van der Waals surface area contributed by atoms with Crippen molar-refractivity contribution in [3.05, 3.63) is 17.7 Å². The minimum atomic E-state index is -1.19. The molecule has 1 saturated heterocycles. The maximum atomic E-state index is 14.2. The van der Waals surface area contributed by atoms with Gasteiger partial charge in [0.25, 0.3) is 0 Å². The van der Waals surface area contributed by atoms with Crippen molar-refractivity contribution < 1.29 is 33.7 Å². The maximum absolute atomic E-state index is 14.2. The lowest BCUT2D eigenvalue weighted by atomic mass is 9.75. The lowest BCUT2D eigenvalue weighted by Crippen LogP contribution is -2.57. The maximum Gasteiger partial charge on any atom is 0.243 e. The van der Waals surface area contributed by atoms with Crippen LogP contribution in [0.3, 0.4) is 0 Å². The predicted molar refractivity (Wildman–Crippen MR) is 133 cm³/mol. The van der Waals surface area contributed by atoms with Gasteiger partial charge in [-0.2, -0.15) is 0 Å². The van der Waals surface area contributed by atoms with Gasteiger partial charge >= 0.3 is 0 Å². The van der Waals surface area contributed by atoms with E-state index in [0.29, 0.717) is 30.2 Å². The Bertz CT molecular complexity index is 907. The van der Waals surface area contributed by atoms with Gasteiger partial charge in [0, 0.05) is 6.54 Å². The number of nitrogens with two attached hydrogens (primary N) is 1. The first-order valence-corrected chi connectivity index (χ1v) is 12.7. The van der Waals surface area contributed by atoms with Crippen LogP contribution >= 0.6 is 0 Å². The van der Waals surface area contributed by atoms with Crippen LogP contribution in [0, 0.1) is 5.92 Å². The highest BCUT2D eigenvalue weighted by Crippen LogP contribution is 2.45. The number of piperidine rings is 1. The molecule has 0 radical (unpaired) electrons. The fourth-order valence-electron chi connectivity index (χ4n) is 5.49. The molecule has 1 aliphatic heterocycles. The topological polar surface area (TPSA) is 140 Å². The van der Waals surface area contributed by atoms with E-state index in [1.807, 2.05) is 12.1 Å². The summed E-state index contributed by atoms with van der Waals surface area (Å²) in [5, 5.41) is 12.0. The lowest BCUT2D eigenvalue weighted by molar-refractivity contribution is -0.145. The van der Waals surface area contributed by atoms with Gasteiger partial charge in [0.05, 0.1) is 33.9 Å². The third kappa shape index (κ3) is 6.03. The Kier molecular flexibility index (Phi) is 9.81. The molecule has 1 aromatic carbocycles. The largest absolute Gasteiger partial charge is 0.493 e. The standard InChI is InChI=1S/C26H39N3O7/c1-34-20-13-17(14-21(35-2)23(20)36-3)22(16-9-5-4-6-10-16)26(33)29-12-8-7-11-19(29)25(32)28-18(15-30)24(27)31/h13-14,16,18-19,22,30H,4-12,15H2,1-3H3,(H2,27,31)(H,28,32)/t18-,19?,22?/m1/s1. The fraction of sp³-hybridized carbons (Fsp3) is 0.654. The zero-order valence-corrected chi connectivity index (χ0v) is 21.5. The van der Waals surface area contributed by atoms with E-state index in [-0.39, 0.29) is 11.8 Å². The van der Waals surface area contributed by atoms with Gasteiger partial charge in [0.1, 0.15) is 12.1 Å². The molecule has 200 valence electrons. The smallest absolute Gasteiger partial charge is 0.243 e. The number of hydrogen-bond acceptors (Lipinski definition) is 7. The van der Waals surface area contributed by atoms with Crippen molar-refractivity contribution in [3.63, 3.8) is 0 Å². The van der Waals surface area contributed by atoms with Crippen molar-refractivity contribution in [1.82, 2.24) is 10.2 Å². The van der Waals surface area contributed by atoms with Crippen LogP contribution < -0.4 is 25.3 Å². The quantitative estimate of drug-likeness (QED) is 0.440. The number of hydrogen-bond donors (Lipinski definition) is 3. The third-order valence-electron chi connectivity index (χ3n) is 7.36. The molecule has 3 atom stereocenters. The van der Waals surface area contributed by atoms with Gasteiger partial charge < -0.3 is 35.3 Å². The molecule has 2 unspecified atom stereocenters. The van der Waals surface area contributed by atoms with Gasteiger partial charge in [0.15, 0.2) is 11.5 Å². The zero-order valence-electron chi connectivity index (χ0n) is 21.5. The van der Waals surface area contributed by atoms with E-state index in [4.69, 9.17) is 19.9 Å². The number of ether oxygens (including phenoxy) is 3. The summed E-state index contributed by atoms with van der Waals surface area (Å²) in [4.78, 5) is 40.6. The van der Waals surface area contributed by atoms with Crippen LogP contribution in [-0.2, 0) is 14.4 Å². The van der Waals surface area contributed by atoms with E-state index < -0.39 is 36.4 Å². The summed E-state index contributed by atoms with van der Waals surface area (Å²) >= 11 is 0. The molecule has 0 bridgehead atoms. The number of benzene rings is 1. The second kappa shape index (κ2) is 12.8. The molecule has 0 aromatic heterocycles. The van der Waals surface area contributed by atoms with E-state index in [9.17, 15) is 19.5 Å². The predicted octanol–water partition coefficient (Wildman–Crippen LogP) is 1.72. The van der Waals surface area contributed by atoms with Crippen LogP contribution in [0.5, 0.6) is 17.2 Å². The van der Waals surface area contributed by atoms with Crippen molar-refractivity contribution in [2.45, 2.75) is 69.4 Å². The molecular weight excluding hydrogens is 466 g/mol. The molecule has 4 N–H and O–H groups in total. The number of rotatable bonds is 10. The van der Waals surface area contributed by atoms with Gasteiger partial charge in [-0.15, -0.1) is 0 Å². The highest BCUT2D eigenvalue weighted by molar-refractivity contribution is 5.93. The summed E-state index contributed by atoms with van der Waals surface area (Å²) in [5.41, 5.74) is 6.05. The Hall–Kier alpha value is -3.01. The van der Waals surface area contributed by atoms with Crippen LogP contribution in [-0.4, -0.2) is 74.3 Å². The summed E-state index contributed by atoms with van der Waals surface area (Å²) in [6.07, 6.45) is 7.07. The number of aliphatic hydroxyl groups is 1. The monoisotopic (exact) mass is 505 g/mol. The number of carbonyl (C=O) groups excluding carboxylic acids is 3. The number of methoxy groups -OCH3 is 3. The third-order valence-corrected chi connectivity index (χ3v) is 7.36. The Labute approximate surface area is 212 Å². The zero-order chi connectivity index (χ0) is 26.2. The number of amides is 3. The first-order valence-electron chi connectivity index (χ1n) is 12.7. The van der Waals surface area contributed by atoms with Crippen molar-refractivity contribution in [1.29, 1.82) is 0 Å². The molecule has 1 aromatic rings. The molecule has 3 rings (SSSR count). The minimum Gasteiger partial charge on any atom is -0.493 e. The average molecular weight is 506 g/mol. The van der Waals surface area contributed by atoms with Gasteiger partial charge in [0.2, 0.25) is 23.5 Å². The van der Waals surface area contributed by atoms with Crippen LogP contribution in [0.4, 0.5) is 0 Å². The van der Waals surface area contributed by atoms with Gasteiger partial charge in [-0.3, -0.25) is 14.4 Å². The molecule has 10 heteroatoms. The summed E-state index contributed by atoms with van der Waals surface area (Å²) in [6.45, 7) is -0.164. The van der Waals surface area contributed by atoms with Crippen LogP contribution in [0.2, 0.25) is 0 Å². The molecule has 0 spiro atoms. The van der Waals surface area contributed by atoms with Gasteiger partial charge in [-0.05, 0) is 55.7 Å². The Morgan fingerprint density at radius 2 is 1.61 bits per heavy atom. The average Bonchev–Trinajstić information content (AvgIpc) is 2.91. The Balaban J connectivity index is 1.99. The number of likely N-dealkylation sites (tertiary alicyclic amines) is 1. The highest BCUT2D eigenvalue weighted by atomic mass is 16.5. The van der Waals surface area contributed by atoms with Crippen LogP contribution in [0.1, 0.15) is 62.8 Å². The fourth-order valence-corrected chi connectivity index (χ4v) is 5.49. The van der Waals surface area contributed by atoms with E-state index in [2.05, 4.69) is 5.32 Å². The number of primary amides is 1. The first-order chi connectivity index (χ1) is 17.4. The van der Waals surface area contributed by atoms with E-state index in [1.54, 1.807) is 19.1 Å². The van der Waals surface area contributed by atoms with E-state index in [1.165, 1.54) is 7.11 Å². The molecule has 2 aliphatic rings. The minimum absolute atomic E-state index is 0.107. The number of carbonyl (C=O) groups is 3. The summed E-state index contributed by atoms with van der Waals surface area (Å²) in [7, 11) is 4.62. The molecule has 2 fully saturated rings. The molecule has 1 aliphatic carbocycles. The van der Waals surface area contributed by atoms with Crippen LogP contribution in [0.25, 0.3) is 0 Å².